The highest BCUT2D eigenvalue weighted by molar-refractivity contribution is 5.94. The van der Waals surface area contributed by atoms with Crippen molar-refractivity contribution in [2.75, 3.05) is 0 Å². The van der Waals surface area contributed by atoms with E-state index in [1.54, 1.807) is 12.1 Å². The van der Waals surface area contributed by atoms with Gasteiger partial charge in [-0.25, -0.2) is 0 Å². The van der Waals surface area contributed by atoms with E-state index in [0.29, 0.717) is 5.56 Å². The fourth-order valence-electron chi connectivity index (χ4n) is 4.07. The van der Waals surface area contributed by atoms with Gasteiger partial charge in [-0.1, -0.05) is 12.1 Å². The summed E-state index contributed by atoms with van der Waals surface area (Å²) in [5.41, 5.74) is -0.170. The molecule has 0 amide bonds. The van der Waals surface area contributed by atoms with Crippen LogP contribution in [-0.4, -0.2) is 31.5 Å². The van der Waals surface area contributed by atoms with Crippen molar-refractivity contribution in [2.24, 2.45) is 0 Å². The number of aromatic hydroxyl groups is 5. The standard InChI is InChI=1S/C24H16O9/c25-12-3-1-2-10(6-12)13-8-18(29)32-17-9-16(28)20-21(30)22(31)23(33-24(20)19(13)17)11-4-5-14(26)15(27)7-11/h1-7,9,13,25-28,31H,8H2. The second-order valence-corrected chi connectivity index (χ2v) is 7.65. The summed E-state index contributed by atoms with van der Waals surface area (Å²) in [7, 11) is 0. The molecule has 0 saturated carbocycles. The molecule has 9 heteroatoms. The minimum absolute atomic E-state index is 0.0297. The number of fused-ring (bicyclic) bond motifs is 3. The largest absolute Gasteiger partial charge is 0.508 e. The molecule has 1 aromatic heterocycles. The molecule has 1 atom stereocenters. The van der Waals surface area contributed by atoms with Gasteiger partial charge in [0, 0.05) is 23.1 Å². The van der Waals surface area contributed by atoms with E-state index in [4.69, 9.17) is 9.15 Å². The monoisotopic (exact) mass is 448 g/mol. The molecule has 0 bridgehead atoms. The number of benzene rings is 3. The van der Waals surface area contributed by atoms with Gasteiger partial charge in [-0.05, 0) is 35.9 Å². The van der Waals surface area contributed by atoms with E-state index in [9.17, 15) is 35.1 Å². The Bertz CT molecular complexity index is 1520. The quantitative estimate of drug-likeness (QED) is 0.176. The molecule has 0 radical (unpaired) electrons. The Morgan fingerprint density at radius 3 is 2.36 bits per heavy atom. The molecule has 33 heavy (non-hydrogen) atoms. The minimum Gasteiger partial charge on any atom is -0.508 e. The SMILES string of the molecule is O=C1CC(c2cccc(O)c2)c2c(cc(O)c3c(=O)c(O)c(-c4ccc(O)c(O)c4)oc23)O1. The predicted octanol–water partition coefficient (Wildman–Crippen LogP) is 3.43. The van der Waals surface area contributed by atoms with Crippen molar-refractivity contribution in [3.63, 3.8) is 0 Å². The van der Waals surface area contributed by atoms with Crippen LogP contribution in [0.5, 0.6) is 34.5 Å². The Morgan fingerprint density at radius 2 is 1.64 bits per heavy atom. The first-order chi connectivity index (χ1) is 15.7. The minimum atomic E-state index is -0.939. The lowest BCUT2D eigenvalue weighted by Crippen LogP contribution is -2.22. The van der Waals surface area contributed by atoms with Gasteiger partial charge in [0.05, 0.1) is 6.42 Å². The van der Waals surface area contributed by atoms with Crippen molar-refractivity contribution in [1.82, 2.24) is 0 Å². The zero-order valence-electron chi connectivity index (χ0n) is 16.8. The summed E-state index contributed by atoms with van der Waals surface area (Å²) in [5, 5.41) is 50.0. The van der Waals surface area contributed by atoms with Crippen molar-refractivity contribution in [3.05, 3.63) is 69.9 Å². The fourth-order valence-corrected chi connectivity index (χ4v) is 4.07. The molecule has 0 spiro atoms. The maximum absolute atomic E-state index is 13.0. The third kappa shape index (κ3) is 3.18. The van der Waals surface area contributed by atoms with Gasteiger partial charge in [-0.15, -0.1) is 0 Å². The van der Waals surface area contributed by atoms with E-state index in [2.05, 4.69) is 0 Å². The zero-order valence-corrected chi connectivity index (χ0v) is 16.8. The number of hydrogen-bond acceptors (Lipinski definition) is 9. The van der Waals surface area contributed by atoms with Crippen LogP contribution in [0.15, 0.2) is 57.7 Å². The molecule has 1 aliphatic rings. The highest BCUT2D eigenvalue weighted by Crippen LogP contribution is 2.47. The first kappa shape index (κ1) is 20.3. The van der Waals surface area contributed by atoms with Crippen molar-refractivity contribution in [3.8, 4) is 45.8 Å². The Labute approximate surface area is 185 Å². The predicted molar refractivity (Wildman–Crippen MR) is 115 cm³/mol. The number of esters is 1. The van der Waals surface area contributed by atoms with E-state index in [0.717, 1.165) is 18.2 Å². The van der Waals surface area contributed by atoms with Crippen LogP contribution < -0.4 is 10.2 Å². The molecule has 9 nitrogen and oxygen atoms in total. The van der Waals surface area contributed by atoms with Crippen LogP contribution in [0.4, 0.5) is 0 Å². The molecule has 0 aliphatic carbocycles. The smallest absolute Gasteiger partial charge is 0.312 e. The van der Waals surface area contributed by atoms with Crippen LogP contribution in [0.1, 0.15) is 23.5 Å². The Morgan fingerprint density at radius 1 is 0.848 bits per heavy atom. The second-order valence-electron chi connectivity index (χ2n) is 7.65. The third-order valence-corrected chi connectivity index (χ3v) is 5.58. The maximum Gasteiger partial charge on any atom is 0.312 e. The molecule has 3 aromatic carbocycles. The number of carbonyl (C=O) groups excluding carboxylic acids is 1. The molecule has 4 aromatic rings. The first-order valence-electron chi connectivity index (χ1n) is 9.82. The van der Waals surface area contributed by atoms with Gasteiger partial charge < -0.3 is 34.7 Å². The lowest BCUT2D eigenvalue weighted by atomic mass is 9.85. The second kappa shape index (κ2) is 7.20. The summed E-state index contributed by atoms with van der Waals surface area (Å²) in [5.74, 6) is -3.94. The first-order valence-corrected chi connectivity index (χ1v) is 9.82. The molecule has 5 N–H and O–H groups in total. The third-order valence-electron chi connectivity index (χ3n) is 5.58. The molecule has 0 fully saturated rings. The van der Waals surface area contributed by atoms with Crippen LogP contribution in [0.25, 0.3) is 22.3 Å². The molecule has 2 heterocycles. The van der Waals surface area contributed by atoms with Crippen LogP contribution in [0, 0.1) is 0 Å². The van der Waals surface area contributed by atoms with E-state index >= 15 is 0 Å². The van der Waals surface area contributed by atoms with Crippen LogP contribution in [0.2, 0.25) is 0 Å². The fraction of sp³-hybridized carbons (Fsp3) is 0.0833. The van der Waals surface area contributed by atoms with Gasteiger partial charge in [-0.3, -0.25) is 9.59 Å². The van der Waals surface area contributed by atoms with Crippen LogP contribution in [0.3, 0.4) is 0 Å². The average Bonchev–Trinajstić information content (AvgIpc) is 2.77. The lowest BCUT2D eigenvalue weighted by Gasteiger charge is -2.26. The summed E-state index contributed by atoms with van der Waals surface area (Å²) in [4.78, 5) is 25.3. The van der Waals surface area contributed by atoms with Crippen molar-refractivity contribution >= 4 is 16.9 Å². The van der Waals surface area contributed by atoms with Crippen molar-refractivity contribution in [2.45, 2.75) is 12.3 Å². The average molecular weight is 448 g/mol. The summed E-state index contributed by atoms with van der Waals surface area (Å²) in [6, 6.07) is 10.9. The van der Waals surface area contributed by atoms with Crippen molar-refractivity contribution < 1.29 is 39.5 Å². The summed E-state index contributed by atoms with van der Waals surface area (Å²) in [6.07, 6.45) is -0.129. The zero-order chi connectivity index (χ0) is 23.4. The van der Waals surface area contributed by atoms with E-state index in [1.807, 2.05) is 0 Å². The molecule has 166 valence electrons. The Kier molecular flexibility index (Phi) is 4.42. The lowest BCUT2D eigenvalue weighted by molar-refractivity contribution is -0.135. The number of phenolic OH excluding ortho intramolecular Hbond substituents is 4. The Balaban J connectivity index is 1.86. The molecular formula is C24H16O9. The number of carbonyl (C=O) groups is 1. The highest BCUT2D eigenvalue weighted by Gasteiger charge is 2.34. The molecule has 1 unspecified atom stereocenters. The van der Waals surface area contributed by atoms with Gasteiger partial charge in [0.1, 0.15) is 28.2 Å². The van der Waals surface area contributed by atoms with Gasteiger partial charge in [0.15, 0.2) is 17.3 Å². The van der Waals surface area contributed by atoms with Gasteiger partial charge >= 0.3 is 5.97 Å². The molecule has 0 saturated heterocycles. The normalized spacial score (nSPS) is 15.3. The summed E-state index contributed by atoms with van der Waals surface area (Å²) < 4.78 is 11.2. The molecule has 1 aliphatic heterocycles. The number of phenols is 4. The number of ether oxygens (including phenoxy) is 1. The maximum atomic E-state index is 13.0. The molecular weight excluding hydrogens is 432 g/mol. The van der Waals surface area contributed by atoms with Gasteiger partial charge in [-0.2, -0.15) is 0 Å². The van der Waals surface area contributed by atoms with Gasteiger partial charge in [0.2, 0.25) is 11.2 Å². The summed E-state index contributed by atoms with van der Waals surface area (Å²) in [6.45, 7) is 0. The van der Waals surface area contributed by atoms with E-state index in [1.165, 1.54) is 18.2 Å². The van der Waals surface area contributed by atoms with Gasteiger partial charge in [0.25, 0.3) is 0 Å². The van der Waals surface area contributed by atoms with Crippen LogP contribution in [-0.2, 0) is 4.79 Å². The number of rotatable bonds is 2. The van der Waals surface area contributed by atoms with Crippen molar-refractivity contribution in [1.29, 1.82) is 0 Å². The van der Waals surface area contributed by atoms with E-state index < -0.39 is 40.3 Å². The topological polar surface area (TPSA) is 158 Å². The molecule has 5 rings (SSSR count). The Hall–Kier alpha value is -4.66. The summed E-state index contributed by atoms with van der Waals surface area (Å²) >= 11 is 0. The van der Waals surface area contributed by atoms with Crippen LogP contribution >= 0.6 is 0 Å². The number of hydrogen-bond donors (Lipinski definition) is 5. The van der Waals surface area contributed by atoms with E-state index in [-0.39, 0.29) is 45.8 Å². The highest BCUT2D eigenvalue weighted by atomic mass is 16.5.